The highest BCUT2D eigenvalue weighted by Crippen LogP contribution is 2.07. The lowest BCUT2D eigenvalue weighted by Gasteiger charge is -2.14. The maximum Gasteiger partial charge on any atom is 0.269 e. The van der Waals surface area contributed by atoms with Gasteiger partial charge in [0, 0.05) is 0 Å². The van der Waals surface area contributed by atoms with E-state index in [-0.39, 0.29) is 11.6 Å². The maximum atomic E-state index is 10.6. The molecule has 12 heavy (non-hydrogen) atoms. The quantitative estimate of drug-likeness (QED) is 0.430. The molecule has 0 aromatic rings. The summed E-state index contributed by atoms with van der Waals surface area (Å²) < 4.78 is 29.7. The Kier molecular flexibility index (Phi) is 4.64. The summed E-state index contributed by atoms with van der Waals surface area (Å²) in [6.07, 6.45) is 0.731. The molecular weight excluding hydrogens is 186 g/mol. The number of hydrogen-bond donors (Lipinski definition) is 3. The van der Waals surface area contributed by atoms with Gasteiger partial charge in [-0.2, -0.15) is 8.42 Å². The molecule has 1 unspecified atom stereocenters. The van der Waals surface area contributed by atoms with E-state index >= 15 is 0 Å². The normalized spacial score (nSPS) is 15.1. The van der Waals surface area contributed by atoms with Crippen LogP contribution in [0.5, 0.6) is 0 Å². The van der Waals surface area contributed by atoms with E-state index in [2.05, 4.69) is 0 Å². The van der Waals surface area contributed by atoms with Gasteiger partial charge in [0.15, 0.2) is 0 Å². The van der Waals surface area contributed by atoms with Gasteiger partial charge >= 0.3 is 0 Å². The average molecular weight is 199 g/mol. The predicted molar refractivity (Wildman–Crippen MR) is 40.5 cm³/mol. The van der Waals surface area contributed by atoms with Crippen LogP contribution in [0.15, 0.2) is 0 Å². The lowest BCUT2D eigenvalue weighted by molar-refractivity contribution is -0.306. The molecule has 0 radical (unpaired) electrons. The van der Waals surface area contributed by atoms with Crippen LogP contribution in [0.3, 0.4) is 0 Å². The lowest BCUT2D eigenvalue weighted by atomic mass is 10.2. The predicted octanol–water partition coefficient (Wildman–Crippen LogP) is 0.123. The van der Waals surface area contributed by atoms with E-state index in [1.165, 1.54) is 0 Å². The van der Waals surface area contributed by atoms with Gasteiger partial charge in [-0.3, -0.25) is 15.0 Å². The van der Waals surface area contributed by atoms with E-state index in [1.807, 2.05) is 0 Å². The van der Waals surface area contributed by atoms with Crippen LogP contribution in [-0.2, 0) is 10.1 Å². The fourth-order valence-electron chi connectivity index (χ4n) is 0.839. The van der Waals surface area contributed by atoms with Gasteiger partial charge < -0.3 is 0 Å². The standard InChI is InChI=1S/C5H13NO5S/c1-2-3-5(4-6(7)8)12(9,10)11/h5,7-8H,2-4H2,1H3,(H,9,10,11). The zero-order chi connectivity index (χ0) is 9.78. The Hall–Kier alpha value is -0.210. The molecule has 0 rings (SSSR count). The van der Waals surface area contributed by atoms with E-state index < -0.39 is 21.9 Å². The molecule has 1 atom stereocenters. The van der Waals surface area contributed by atoms with E-state index in [9.17, 15) is 8.42 Å². The van der Waals surface area contributed by atoms with Crippen molar-refractivity contribution in [1.29, 1.82) is 0 Å². The summed E-state index contributed by atoms with van der Waals surface area (Å²) in [5, 5.41) is 15.3. The number of nitrogens with zero attached hydrogens (tertiary/aromatic N) is 1. The minimum Gasteiger partial charge on any atom is -0.290 e. The lowest BCUT2D eigenvalue weighted by Crippen LogP contribution is -2.33. The van der Waals surface area contributed by atoms with Crippen molar-refractivity contribution >= 4 is 10.1 Å². The minimum absolute atomic E-state index is 0.191. The Bertz CT molecular complexity index is 212. The number of hydrogen-bond acceptors (Lipinski definition) is 5. The largest absolute Gasteiger partial charge is 0.290 e. The van der Waals surface area contributed by atoms with Crippen LogP contribution in [0.1, 0.15) is 19.8 Å². The highest BCUT2D eigenvalue weighted by atomic mass is 32.2. The smallest absolute Gasteiger partial charge is 0.269 e. The summed E-state index contributed by atoms with van der Waals surface area (Å²) in [6.45, 7) is 1.23. The summed E-state index contributed by atoms with van der Waals surface area (Å²) in [7, 11) is -4.18. The Balaban J connectivity index is 4.24. The highest BCUT2D eigenvalue weighted by molar-refractivity contribution is 7.86. The molecule has 0 aliphatic carbocycles. The monoisotopic (exact) mass is 199 g/mol. The van der Waals surface area contributed by atoms with E-state index in [1.54, 1.807) is 6.92 Å². The Labute approximate surface area is 71.1 Å². The first-order valence-corrected chi connectivity index (χ1v) is 4.99. The van der Waals surface area contributed by atoms with Crippen molar-refractivity contribution in [3.05, 3.63) is 0 Å². The summed E-state index contributed by atoms with van der Waals surface area (Å²) in [4.78, 5) is 0. The molecule has 0 aromatic heterocycles. The maximum absolute atomic E-state index is 10.6. The Morgan fingerprint density at radius 1 is 1.42 bits per heavy atom. The zero-order valence-corrected chi connectivity index (χ0v) is 7.53. The van der Waals surface area contributed by atoms with Crippen LogP contribution < -0.4 is 0 Å². The second-order valence-corrected chi connectivity index (χ2v) is 4.18. The van der Waals surface area contributed by atoms with Gasteiger partial charge in [0.1, 0.15) is 5.25 Å². The molecule has 3 N–H and O–H groups in total. The average Bonchev–Trinajstić information content (AvgIpc) is 1.83. The Morgan fingerprint density at radius 2 is 1.92 bits per heavy atom. The molecular formula is C5H13NO5S. The summed E-state index contributed by atoms with van der Waals surface area (Å²) in [5.41, 5.74) is 0. The minimum atomic E-state index is -4.18. The van der Waals surface area contributed by atoms with Gasteiger partial charge in [-0.25, -0.2) is 0 Å². The van der Waals surface area contributed by atoms with Crippen molar-refractivity contribution in [3.63, 3.8) is 0 Å². The van der Waals surface area contributed by atoms with Crippen molar-refractivity contribution in [3.8, 4) is 0 Å². The fourth-order valence-corrected chi connectivity index (χ4v) is 1.69. The van der Waals surface area contributed by atoms with Crippen LogP contribution in [-0.4, -0.2) is 40.4 Å². The van der Waals surface area contributed by atoms with E-state index in [4.69, 9.17) is 15.0 Å². The van der Waals surface area contributed by atoms with Gasteiger partial charge in [-0.1, -0.05) is 18.6 Å². The van der Waals surface area contributed by atoms with Crippen molar-refractivity contribution in [2.75, 3.05) is 6.54 Å². The van der Waals surface area contributed by atoms with Crippen molar-refractivity contribution in [1.82, 2.24) is 5.23 Å². The second kappa shape index (κ2) is 4.73. The molecule has 0 heterocycles. The van der Waals surface area contributed by atoms with Crippen LogP contribution in [0.25, 0.3) is 0 Å². The molecule has 0 fully saturated rings. The van der Waals surface area contributed by atoms with Crippen molar-refractivity contribution < 1.29 is 23.4 Å². The first-order valence-electron chi connectivity index (χ1n) is 3.49. The second-order valence-electron chi connectivity index (χ2n) is 2.48. The van der Waals surface area contributed by atoms with Gasteiger partial charge in [-0.05, 0) is 6.42 Å². The fraction of sp³-hybridized carbons (Fsp3) is 1.00. The topological polar surface area (TPSA) is 98.1 Å². The molecule has 0 aliphatic rings. The van der Waals surface area contributed by atoms with Crippen LogP contribution >= 0.6 is 0 Å². The number of rotatable bonds is 5. The van der Waals surface area contributed by atoms with Crippen molar-refractivity contribution in [2.45, 2.75) is 25.0 Å². The molecule has 0 aromatic carbocycles. The SMILES string of the molecule is CCCC(CN(O)O)S(=O)(=O)O. The molecule has 7 heteroatoms. The molecule has 0 saturated carbocycles. The first kappa shape index (κ1) is 11.8. The van der Waals surface area contributed by atoms with Gasteiger partial charge in [0.25, 0.3) is 10.1 Å². The van der Waals surface area contributed by atoms with Gasteiger partial charge in [-0.15, -0.1) is 0 Å². The molecule has 0 saturated heterocycles. The van der Waals surface area contributed by atoms with Crippen LogP contribution in [0.2, 0.25) is 0 Å². The third-order valence-corrected chi connectivity index (χ3v) is 2.63. The molecule has 6 nitrogen and oxygen atoms in total. The summed E-state index contributed by atoms with van der Waals surface area (Å²) in [5.74, 6) is 0. The van der Waals surface area contributed by atoms with Crippen LogP contribution in [0.4, 0.5) is 0 Å². The molecule has 0 aliphatic heterocycles. The summed E-state index contributed by atoms with van der Waals surface area (Å²) in [6, 6.07) is 0. The Morgan fingerprint density at radius 3 is 2.17 bits per heavy atom. The highest BCUT2D eigenvalue weighted by Gasteiger charge is 2.23. The molecule has 0 amide bonds. The molecule has 74 valence electrons. The zero-order valence-electron chi connectivity index (χ0n) is 6.71. The molecule has 0 bridgehead atoms. The summed E-state index contributed by atoms with van der Waals surface area (Å²) >= 11 is 0. The van der Waals surface area contributed by atoms with E-state index in [0.29, 0.717) is 6.42 Å². The van der Waals surface area contributed by atoms with Crippen LogP contribution in [0, 0.1) is 0 Å². The van der Waals surface area contributed by atoms with Gasteiger partial charge in [0.2, 0.25) is 0 Å². The third kappa shape index (κ3) is 4.62. The molecule has 0 spiro atoms. The number of hydroxylamine groups is 2. The van der Waals surface area contributed by atoms with Gasteiger partial charge in [0.05, 0.1) is 6.54 Å². The van der Waals surface area contributed by atoms with Crippen molar-refractivity contribution in [2.24, 2.45) is 0 Å². The van der Waals surface area contributed by atoms with E-state index in [0.717, 1.165) is 0 Å². The third-order valence-electron chi connectivity index (χ3n) is 1.40. The first-order chi connectivity index (χ1) is 5.38.